The molecule has 0 unspecified atom stereocenters. The Morgan fingerprint density at radius 1 is 1.11 bits per heavy atom. The SMILES string of the molecule is CCNC(=NCc1c(CC)nn(C)c1CC)Nc1ccc(OC)c(OC)c1.I. The summed E-state index contributed by atoms with van der Waals surface area (Å²) >= 11 is 0. The van der Waals surface area contributed by atoms with Crippen molar-refractivity contribution >= 4 is 35.6 Å². The molecule has 2 aromatic rings. The molecule has 1 heterocycles. The van der Waals surface area contributed by atoms with Crippen molar-refractivity contribution in [3.63, 3.8) is 0 Å². The number of hydrogen-bond donors (Lipinski definition) is 2. The van der Waals surface area contributed by atoms with Gasteiger partial charge in [-0.15, -0.1) is 24.0 Å². The third-order valence-electron chi connectivity index (χ3n) is 4.41. The van der Waals surface area contributed by atoms with Crippen LogP contribution in [-0.4, -0.2) is 36.5 Å². The number of hydrogen-bond acceptors (Lipinski definition) is 4. The van der Waals surface area contributed by atoms with Crippen molar-refractivity contribution in [2.45, 2.75) is 40.2 Å². The van der Waals surface area contributed by atoms with Gasteiger partial charge in [-0.3, -0.25) is 4.68 Å². The van der Waals surface area contributed by atoms with E-state index < -0.39 is 0 Å². The van der Waals surface area contributed by atoms with E-state index in [4.69, 9.17) is 14.5 Å². The van der Waals surface area contributed by atoms with Gasteiger partial charge in [0.25, 0.3) is 0 Å². The summed E-state index contributed by atoms with van der Waals surface area (Å²) in [4.78, 5) is 4.78. The molecule has 7 nitrogen and oxygen atoms in total. The number of aromatic nitrogens is 2. The first-order valence-electron chi connectivity index (χ1n) is 9.38. The maximum absolute atomic E-state index is 5.37. The van der Waals surface area contributed by atoms with Gasteiger partial charge in [-0.1, -0.05) is 13.8 Å². The Kier molecular flexibility index (Phi) is 10.1. The van der Waals surface area contributed by atoms with E-state index in [0.717, 1.165) is 36.7 Å². The van der Waals surface area contributed by atoms with Crippen LogP contribution in [0.15, 0.2) is 23.2 Å². The number of ether oxygens (including phenoxy) is 2. The van der Waals surface area contributed by atoms with Crippen molar-refractivity contribution in [3.05, 3.63) is 35.2 Å². The molecular weight excluding hydrogens is 469 g/mol. The zero-order valence-electron chi connectivity index (χ0n) is 17.6. The average Bonchev–Trinajstić information content (AvgIpc) is 3.00. The van der Waals surface area contributed by atoms with E-state index in [1.807, 2.05) is 36.9 Å². The summed E-state index contributed by atoms with van der Waals surface area (Å²) in [6.07, 6.45) is 1.84. The molecule has 0 atom stereocenters. The van der Waals surface area contributed by atoms with Gasteiger partial charge in [0.1, 0.15) is 0 Å². The zero-order valence-corrected chi connectivity index (χ0v) is 20.0. The standard InChI is InChI=1S/C20H31N5O2.HI/c1-7-16-15(17(8-2)25(4)24-16)13-22-20(21-9-3)23-14-10-11-18(26-5)19(12-14)27-6;/h10-12H,7-9,13H2,1-6H3,(H2,21,22,23);1H. The summed E-state index contributed by atoms with van der Waals surface area (Å²) in [5.74, 6) is 2.09. The number of halogens is 1. The Hall–Kier alpha value is -1.97. The molecule has 0 fully saturated rings. The molecule has 0 aliphatic heterocycles. The number of methoxy groups -OCH3 is 2. The van der Waals surface area contributed by atoms with Crippen LogP contribution >= 0.6 is 24.0 Å². The number of rotatable bonds is 8. The van der Waals surface area contributed by atoms with E-state index in [9.17, 15) is 0 Å². The van der Waals surface area contributed by atoms with Crippen LogP contribution in [0, 0.1) is 0 Å². The van der Waals surface area contributed by atoms with Crippen LogP contribution in [0.25, 0.3) is 0 Å². The van der Waals surface area contributed by atoms with Gasteiger partial charge in [-0.05, 0) is 31.9 Å². The van der Waals surface area contributed by atoms with Crippen LogP contribution in [0.5, 0.6) is 11.5 Å². The van der Waals surface area contributed by atoms with Crippen LogP contribution in [0.3, 0.4) is 0 Å². The first kappa shape index (κ1) is 24.1. The summed E-state index contributed by atoms with van der Waals surface area (Å²) in [5.41, 5.74) is 4.44. The van der Waals surface area contributed by atoms with Gasteiger partial charge in [0.2, 0.25) is 0 Å². The molecule has 1 aromatic carbocycles. The van der Waals surface area contributed by atoms with Gasteiger partial charge in [0, 0.05) is 36.6 Å². The van der Waals surface area contributed by atoms with E-state index in [-0.39, 0.29) is 24.0 Å². The largest absolute Gasteiger partial charge is 0.493 e. The molecule has 0 aliphatic carbocycles. The lowest BCUT2D eigenvalue weighted by Gasteiger charge is -2.14. The second-order valence-electron chi connectivity index (χ2n) is 6.09. The molecule has 2 N–H and O–H groups in total. The van der Waals surface area contributed by atoms with Crippen LogP contribution in [0.4, 0.5) is 5.69 Å². The third kappa shape index (κ3) is 5.76. The summed E-state index contributed by atoms with van der Waals surface area (Å²) < 4.78 is 12.6. The predicted molar refractivity (Wildman–Crippen MR) is 125 cm³/mol. The fraction of sp³-hybridized carbons (Fsp3) is 0.500. The van der Waals surface area contributed by atoms with Crippen molar-refractivity contribution < 1.29 is 9.47 Å². The summed E-state index contributed by atoms with van der Waals surface area (Å²) in [6, 6.07) is 5.70. The molecule has 28 heavy (non-hydrogen) atoms. The maximum Gasteiger partial charge on any atom is 0.196 e. The highest BCUT2D eigenvalue weighted by molar-refractivity contribution is 14.0. The molecule has 0 spiro atoms. The molecule has 1 aromatic heterocycles. The van der Waals surface area contributed by atoms with Gasteiger partial charge in [0.15, 0.2) is 17.5 Å². The van der Waals surface area contributed by atoms with Crippen LogP contribution < -0.4 is 20.1 Å². The summed E-state index contributed by atoms with van der Waals surface area (Å²) in [6.45, 7) is 7.68. The van der Waals surface area contributed by atoms with E-state index in [1.165, 1.54) is 11.3 Å². The Balaban J connectivity index is 0.00000392. The van der Waals surface area contributed by atoms with Crippen molar-refractivity contribution in [2.75, 3.05) is 26.1 Å². The fourth-order valence-electron chi connectivity index (χ4n) is 3.09. The normalized spacial score (nSPS) is 11.0. The maximum atomic E-state index is 5.37. The van der Waals surface area contributed by atoms with Gasteiger partial charge in [-0.2, -0.15) is 5.10 Å². The van der Waals surface area contributed by atoms with Gasteiger partial charge >= 0.3 is 0 Å². The predicted octanol–water partition coefficient (Wildman–Crippen LogP) is 3.76. The van der Waals surface area contributed by atoms with Crippen LogP contribution in [0.2, 0.25) is 0 Å². The summed E-state index contributed by atoms with van der Waals surface area (Å²) in [5, 5.41) is 11.2. The minimum Gasteiger partial charge on any atom is -0.493 e. The number of guanidine groups is 1. The van der Waals surface area contributed by atoms with Gasteiger partial charge < -0.3 is 20.1 Å². The minimum atomic E-state index is 0. The summed E-state index contributed by atoms with van der Waals surface area (Å²) in [7, 11) is 5.25. The molecular formula is C20H32IN5O2. The van der Waals surface area contributed by atoms with E-state index in [2.05, 4.69) is 29.6 Å². The van der Waals surface area contributed by atoms with Crippen LogP contribution in [-0.2, 0) is 26.4 Å². The highest BCUT2D eigenvalue weighted by Gasteiger charge is 2.13. The molecule has 0 saturated heterocycles. The van der Waals surface area contributed by atoms with Crippen molar-refractivity contribution in [3.8, 4) is 11.5 Å². The molecule has 8 heteroatoms. The Morgan fingerprint density at radius 3 is 2.39 bits per heavy atom. The fourth-order valence-corrected chi connectivity index (χ4v) is 3.09. The third-order valence-corrected chi connectivity index (χ3v) is 4.41. The number of aliphatic imine (C=N–C) groups is 1. The first-order chi connectivity index (χ1) is 13.1. The lowest BCUT2D eigenvalue weighted by Crippen LogP contribution is -2.30. The second kappa shape index (κ2) is 11.8. The molecule has 0 amide bonds. The number of nitrogens with zero attached hydrogens (tertiary/aromatic N) is 3. The monoisotopic (exact) mass is 501 g/mol. The minimum absolute atomic E-state index is 0. The zero-order chi connectivity index (χ0) is 19.8. The van der Waals surface area contributed by atoms with Crippen LogP contribution in [0.1, 0.15) is 37.7 Å². The second-order valence-corrected chi connectivity index (χ2v) is 6.09. The molecule has 0 bridgehead atoms. The lowest BCUT2D eigenvalue weighted by atomic mass is 10.1. The highest BCUT2D eigenvalue weighted by atomic mass is 127. The van der Waals surface area contributed by atoms with E-state index in [1.54, 1.807) is 14.2 Å². The molecule has 0 aliphatic rings. The van der Waals surface area contributed by atoms with Gasteiger partial charge in [-0.25, -0.2) is 4.99 Å². The van der Waals surface area contributed by atoms with Gasteiger partial charge in [0.05, 0.1) is 26.5 Å². The molecule has 0 saturated carbocycles. The van der Waals surface area contributed by atoms with Crippen molar-refractivity contribution in [1.82, 2.24) is 15.1 Å². The number of aryl methyl sites for hydroxylation is 2. The Labute approximate surface area is 184 Å². The quantitative estimate of drug-likeness (QED) is 0.328. The highest BCUT2D eigenvalue weighted by Crippen LogP contribution is 2.29. The topological polar surface area (TPSA) is 72.7 Å². The lowest BCUT2D eigenvalue weighted by molar-refractivity contribution is 0.355. The number of nitrogens with one attached hydrogen (secondary N) is 2. The van der Waals surface area contributed by atoms with E-state index >= 15 is 0 Å². The van der Waals surface area contributed by atoms with E-state index in [0.29, 0.717) is 18.0 Å². The number of anilines is 1. The Morgan fingerprint density at radius 2 is 1.82 bits per heavy atom. The first-order valence-corrected chi connectivity index (χ1v) is 9.38. The van der Waals surface area contributed by atoms with Crippen molar-refractivity contribution in [1.29, 1.82) is 0 Å². The number of benzene rings is 1. The molecule has 156 valence electrons. The van der Waals surface area contributed by atoms with Crippen molar-refractivity contribution in [2.24, 2.45) is 12.0 Å². The Bertz CT molecular complexity index is 789. The smallest absolute Gasteiger partial charge is 0.196 e. The average molecular weight is 501 g/mol. The molecule has 0 radical (unpaired) electrons. The molecule has 2 rings (SSSR count).